The van der Waals surface area contributed by atoms with Gasteiger partial charge < -0.3 is 15.3 Å². The Morgan fingerprint density at radius 2 is 1.70 bits per heavy atom. The number of hydrogen-bond acceptors (Lipinski definition) is 3. The van der Waals surface area contributed by atoms with Crippen LogP contribution < -0.4 is 10.2 Å². The Morgan fingerprint density at radius 3 is 2.40 bits per heavy atom. The van der Waals surface area contributed by atoms with Gasteiger partial charge in [0, 0.05) is 18.7 Å². The van der Waals surface area contributed by atoms with Crippen molar-refractivity contribution >= 4 is 17.3 Å². The van der Waals surface area contributed by atoms with Crippen LogP contribution in [0.3, 0.4) is 0 Å². The Hall–Kier alpha value is -2.70. The molecule has 1 amide bonds. The van der Waals surface area contributed by atoms with Crippen molar-refractivity contribution in [3.8, 4) is 5.75 Å². The maximum absolute atomic E-state index is 13.3. The Kier molecular flexibility index (Phi) is 5.62. The lowest BCUT2D eigenvalue weighted by Crippen LogP contribution is -2.42. The van der Waals surface area contributed by atoms with Gasteiger partial charge in [0.2, 0.25) is 0 Å². The van der Waals surface area contributed by atoms with Gasteiger partial charge in [-0.05, 0) is 67.1 Å². The van der Waals surface area contributed by atoms with Crippen molar-refractivity contribution in [2.75, 3.05) is 23.3 Å². The molecule has 2 atom stereocenters. The van der Waals surface area contributed by atoms with Crippen LogP contribution in [-0.2, 0) is 6.18 Å². The van der Waals surface area contributed by atoms with Crippen molar-refractivity contribution in [3.05, 3.63) is 53.6 Å². The van der Waals surface area contributed by atoms with Crippen molar-refractivity contribution in [2.45, 2.75) is 38.3 Å². The largest absolute Gasteiger partial charge is 0.508 e. The fraction of sp³-hybridized carbons (Fsp3) is 0.435. The van der Waals surface area contributed by atoms with Crippen molar-refractivity contribution in [3.63, 3.8) is 0 Å². The number of carbonyl (C=O) groups is 1. The maximum Gasteiger partial charge on any atom is 0.416 e. The first-order valence-corrected chi connectivity index (χ1v) is 10.4. The van der Waals surface area contributed by atoms with Gasteiger partial charge in [-0.2, -0.15) is 13.2 Å². The zero-order valence-electron chi connectivity index (χ0n) is 16.6. The second-order valence-corrected chi connectivity index (χ2v) is 8.27. The van der Waals surface area contributed by atoms with E-state index >= 15 is 0 Å². The van der Waals surface area contributed by atoms with Crippen LogP contribution in [0.2, 0.25) is 0 Å². The molecule has 1 heterocycles. The van der Waals surface area contributed by atoms with Gasteiger partial charge in [-0.25, -0.2) is 0 Å². The molecule has 160 valence electrons. The van der Waals surface area contributed by atoms with Gasteiger partial charge in [0.25, 0.3) is 5.91 Å². The third-order valence-electron chi connectivity index (χ3n) is 6.33. The summed E-state index contributed by atoms with van der Waals surface area (Å²) in [4.78, 5) is 14.8. The van der Waals surface area contributed by atoms with Crippen LogP contribution in [0.4, 0.5) is 24.5 Å². The predicted octanol–water partition coefficient (Wildman–Crippen LogP) is 5.68. The highest BCUT2D eigenvalue weighted by atomic mass is 19.4. The molecule has 30 heavy (non-hydrogen) atoms. The lowest BCUT2D eigenvalue weighted by Gasteiger charge is -2.42. The summed E-state index contributed by atoms with van der Waals surface area (Å²) in [5.41, 5.74) is 0.262. The zero-order chi connectivity index (χ0) is 21.3. The molecule has 0 spiro atoms. The molecule has 4 rings (SSSR count). The molecule has 4 nitrogen and oxygen atoms in total. The Balaban J connectivity index is 1.62. The summed E-state index contributed by atoms with van der Waals surface area (Å²) >= 11 is 0. The number of aromatic hydroxyl groups is 1. The summed E-state index contributed by atoms with van der Waals surface area (Å²) in [6.45, 7) is 1.58. The molecule has 0 radical (unpaired) electrons. The highest BCUT2D eigenvalue weighted by Gasteiger charge is 2.34. The normalized spacial score (nSPS) is 21.8. The number of benzene rings is 2. The van der Waals surface area contributed by atoms with Crippen LogP contribution in [0.1, 0.15) is 48.0 Å². The van der Waals surface area contributed by atoms with E-state index in [9.17, 15) is 23.1 Å². The fourth-order valence-electron chi connectivity index (χ4n) is 4.72. The number of nitrogens with zero attached hydrogens (tertiary/aromatic N) is 1. The number of alkyl halides is 3. The number of nitrogens with one attached hydrogen (secondary N) is 1. The van der Waals surface area contributed by atoms with Crippen molar-refractivity contribution in [1.29, 1.82) is 0 Å². The molecular formula is C23H25F3N2O2. The summed E-state index contributed by atoms with van der Waals surface area (Å²) in [6.07, 6.45) is 1.37. The first kappa shape index (κ1) is 20.6. The number of piperidine rings is 1. The van der Waals surface area contributed by atoms with E-state index in [2.05, 4.69) is 10.2 Å². The number of hydrogen-bond donors (Lipinski definition) is 2. The highest BCUT2D eigenvalue weighted by molar-refractivity contribution is 6.06. The molecule has 1 aliphatic carbocycles. The smallest absolute Gasteiger partial charge is 0.416 e. The minimum Gasteiger partial charge on any atom is -0.508 e. The molecule has 2 N–H and O–H groups in total. The minimum atomic E-state index is -4.49. The molecule has 1 aliphatic heterocycles. The number of phenolic OH excluding ortho intramolecular Hbond substituents is 1. The molecular weight excluding hydrogens is 393 g/mol. The first-order chi connectivity index (χ1) is 14.3. The van der Waals surface area contributed by atoms with Crippen LogP contribution >= 0.6 is 0 Å². The van der Waals surface area contributed by atoms with Gasteiger partial charge in [-0.3, -0.25) is 4.79 Å². The van der Waals surface area contributed by atoms with E-state index < -0.39 is 17.6 Å². The van der Waals surface area contributed by atoms with E-state index in [1.807, 2.05) is 0 Å². The average molecular weight is 418 g/mol. The second-order valence-electron chi connectivity index (χ2n) is 8.27. The van der Waals surface area contributed by atoms with Gasteiger partial charge >= 0.3 is 6.18 Å². The van der Waals surface area contributed by atoms with E-state index in [0.717, 1.165) is 38.1 Å². The van der Waals surface area contributed by atoms with Crippen molar-refractivity contribution < 1.29 is 23.1 Å². The molecule has 1 saturated carbocycles. The second kappa shape index (κ2) is 8.20. The van der Waals surface area contributed by atoms with Crippen LogP contribution in [0.15, 0.2) is 42.5 Å². The van der Waals surface area contributed by atoms with Gasteiger partial charge in [-0.1, -0.05) is 19.3 Å². The number of halogens is 3. The molecule has 0 unspecified atom stereocenters. The summed E-state index contributed by atoms with van der Waals surface area (Å²) in [7, 11) is 0. The topological polar surface area (TPSA) is 52.6 Å². The number of amides is 1. The molecule has 2 fully saturated rings. The monoisotopic (exact) mass is 418 g/mol. The number of phenols is 1. The molecule has 7 heteroatoms. The minimum absolute atomic E-state index is 0.0154. The summed E-state index contributed by atoms with van der Waals surface area (Å²) in [6, 6.07) is 9.18. The maximum atomic E-state index is 13.3. The van der Waals surface area contributed by atoms with Crippen LogP contribution in [0.5, 0.6) is 5.75 Å². The van der Waals surface area contributed by atoms with Gasteiger partial charge in [0.15, 0.2) is 0 Å². The SMILES string of the molecule is O=C(Nc1cc(C(F)(F)F)ccc1N1CC[C@H]2CCCC[C@@H]2C1)c1ccc(O)cc1. The Bertz CT molecular complexity index is 912. The van der Waals surface area contributed by atoms with Gasteiger partial charge in [0.1, 0.15) is 5.75 Å². The molecule has 2 aromatic rings. The van der Waals surface area contributed by atoms with Crippen molar-refractivity contribution in [1.82, 2.24) is 0 Å². The number of carbonyl (C=O) groups excluding carboxylic acids is 1. The van der Waals surface area contributed by atoms with E-state index in [-0.39, 0.29) is 17.0 Å². The van der Waals surface area contributed by atoms with E-state index in [1.165, 1.54) is 49.6 Å². The zero-order valence-corrected chi connectivity index (χ0v) is 16.6. The van der Waals surface area contributed by atoms with Gasteiger partial charge in [-0.15, -0.1) is 0 Å². The highest BCUT2D eigenvalue weighted by Crippen LogP contribution is 2.41. The van der Waals surface area contributed by atoms with Crippen molar-refractivity contribution in [2.24, 2.45) is 11.8 Å². The quantitative estimate of drug-likeness (QED) is 0.674. The third-order valence-corrected chi connectivity index (χ3v) is 6.33. The predicted molar refractivity (Wildman–Crippen MR) is 110 cm³/mol. The van der Waals surface area contributed by atoms with E-state index in [0.29, 0.717) is 17.5 Å². The standard InChI is InChI=1S/C23H25F3N2O2/c24-23(25,26)18-7-10-21(28-12-11-15-3-1-2-4-17(15)14-28)20(13-18)27-22(30)16-5-8-19(29)9-6-16/h5-10,13,15,17,29H,1-4,11-12,14H2,(H,27,30)/t15-,17-/m1/s1. The molecule has 0 bridgehead atoms. The molecule has 1 saturated heterocycles. The molecule has 2 aliphatic rings. The summed E-state index contributed by atoms with van der Waals surface area (Å²) in [5, 5.41) is 12.1. The third kappa shape index (κ3) is 4.40. The number of rotatable bonds is 3. The van der Waals surface area contributed by atoms with Crippen LogP contribution in [-0.4, -0.2) is 24.1 Å². The summed E-state index contributed by atoms with van der Waals surface area (Å²) in [5.74, 6) is 0.750. The van der Waals surface area contributed by atoms with E-state index in [1.54, 1.807) is 0 Å². The number of anilines is 2. The molecule has 2 aromatic carbocycles. The number of fused-ring (bicyclic) bond motifs is 1. The fourth-order valence-corrected chi connectivity index (χ4v) is 4.72. The average Bonchev–Trinajstić information content (AvgIpc) is 2.73. The lowest BCUT2D eigenvalue weighted by atomic mass is 9.75. The van der Waals surface area contributed by atoms with E-state index in [4.69, 9.17) is 0 Å². The Morgan fingerprint density at radius 1 is 1.00 bits per heavy atom. The summed E-state index contributed by atoms with van der Waals surface area (Å²) < 4.78 is 39.9. The van der Waals surface area contributed by atoms with Gasteiger partial charge in [0.05, 0.1) is 16.9 Å². The molecule has 0 aromatic heterocycles. The first-order valence-electron chi connectivity index (χ1n) is 10.4. The lowest BCUT2D eigenvalue weighted by molar-refractivity contribution is -0.137. The van der Waals surface area contributed by atoms with Crippen LogP contribution in [0.25, 0.3) is 0 Å². The van der Waals surface area contributed by atoms with Crippen LogP contribution in [0, 0.1) is 11.8 Å². The Labute approximate surface area is 173 Å².